The molecule has 1 unspecified atom stereocenters. The number of carbonyl (C=O) groups excluding carboxylic acids is 3. The lowest BCUT2D eigenvalue weighted by atomic mass is 9.81. The van der Waals surface area contributed by atoms with Crippen molar-refractivity contribution in [2.45, 2.75) is 26.2 Å². The van der Waals surface area contributed by atoms with E-state index in [0.717, 1.165) is 0 Å². The van der Waals surface area contributed by atoms with Crippen LogP contribution in [0.1, 0.15) is 42.1 Å². The summed E-state index contributed by atoms with van der Waals surface area (Å²) in [5.74, 6) is -3.76. The van der Waals surface area contributed by atoms with Gasteiger partial charge in [-0.25, -0.2) is 0 Å². The molecule has 1 atom stereocenters. The average Bonchev–Trinajstić information content (AvgIpc) is 2.69. The highest BCUT2D eigenvalue weighted by molar-refractivity contribution is 6.31. The van der Waals surface area contributed by atoms with E-state index in [1.165, 1.54) is 0 Å². The number of benzene rings is 2. The Labute approximate surface area is 169 Å². The van der Waals surface area contributed by atoms with Crippen molar-refractivity contribution in [2.75, 3.05) is 13.2 Å². The zero-order chi connectivity index (χ0) is 20.5. The van der Waals surface area contributed by atoms with Crippen LogP contribution in [0.25, 0.3) is 0 Å². The molecule has 0 heterocycles. The molecule has 0 saturated carbocycles. The van der Waals surface area contributed by atoms with E-state index < -0.39 is 23.8 Å². The molecule has 6 heteroatoms. The summed E-state index contributed by atoms with van der Waals surface area (Å²) in [6.45, 7) is 3.52. The van der Waals surface area contributed by atoms with Gasteiger partial charge in [0, 0.05) is 22.9 Å². The van der Waals surface area contributed by atoms with Gasteiger partial charge in [0.15, 0.2) is 11.7 Å². The highest BCUT2D eigenvalue weighted by Gasteiger charge is 2.40. The van der Waals surface area contributed by atoms with Gasteiger partial charge in [-0.2, -0.15) is 0 Å². The van der Waals surface area contributed by atoms with Gasteiger partial charge in [-0.1, -0.05) is 60.1 Å². The molecule has 5 nitrogen and oxygen atoms in total. The van der Waals surface area contributed by atoms with Gasteiger partial charge in [0.1, 0.15) is 0 Å². The van der Waals surface area contributed by atoms with Crippen LogP contribution >= 0.6 is 11.6 Å². The summed E-state index contributed by atoms with van der Waals surface area (Å²) in [5.41, 5.74) is 1.02. The van der Waals surface area contributed by atoms with Crippen molar-refractivity contribution in [1.29, 1.82) is 0 Å². The lowest BCUT2D eigenvalue weighted by Gasteiger charge is -2.25. The molecule has 2 aromatic rings. The SMILES string of the molecule is CCOC(=O)C(C(=O)OCC)C(CC(=O)c1ccccc1)c1ccccc1Cl. The Kier molecular flexibility index (Phi) is 8.20. The van der Waals surface area contributed by atoms with Gasteiger partial charge in [0.05, 0.1) is 13.2 Å². The summed E-state index contributed by atoms with van der Waals surface area (Å²) in [7, 11) is 0. The molecule has 2 rings (SSSR count). The minimum atomic E-state index is -1.28. The summed E-state index contributed by atoms with van der Waals surface area (Å²) in [5, 5.41) is 0.368. The maximum Gasteiger partial charge on any atom is 0.320 e. The standard InChI is InChI=1S/C22H23ClO5/c1-3-27-21(25)20(22(26)28-4-2)17(16-12-8-9-13-18(16)23)14-19(24)15-10-6-5-7-11-15/h5-13,17,20H,3-4,14H2,1-2H3. The molecule has 0 aliphatic carbocycles. The second-order valence-corrected chi connectivity index (χ2v) is 6.51. The van der Waals surface area contributed by atoms with Crippen LogP contribution in [0.4, 0.5) is 0 Å². The van der Waals surface area contributed by atoms with E-state index in [0.29, 0.717) is 16.1 Å². The second kappa shape index (κ2) is 10.6. The van der Waals surface area contributed by atoms with Crippen molar-refractivity contribution in [1.82, 2.24) is 0 Å². The zero-order valence-corrected chi connectivity index (χ0v) is 16.6. The summed E-state index contributed by atoms with van der Waals surface area (Å²) in [6.07, 6.45) is -0.0873. The lowest BCUT2D eigenvalue weighted by Crippen LogP contribution is -2.34. The molecular weight excluding hydrogens is 380 g/mol. The third-order valence-corrected chi connectivity index (χ3v) is 4.63. The molecule has 2 aromatic carbocycles. The Hall–Kier alpha value is -2.66. The Morgan fingerprint density at radius 1 is 0.857 bits per heavy atom. The molecule has 148 valence electrons. The van der Waals surface area contributed by atoms with Gasteiger partial charge in [0.25, 0.3) is 0 Å². The fourth-order valence-electron chi connectivity index (χ4n) is 3.01. The maximum atomic E-state index is 12.9. The van der Waals surface area contributed by atoms with E-state index >= 15 is 0 Å². The first kappa shape index (κ1) is 21.6. The number of ether oxygens (including phenoxy) is 2. The van der Waals surface area contributed by atoms with Crippen LogP contribution in [-0.2, 0) is 19.1 Å². The largest absolute Gasteiger partial charge is 0.465 e. The summed E-state index contributed by atoms with van der Waals surface area (Å²) in [4.78, 5) is 38.1. The summed E-state index contributed by atoms with van der Waals surface area (Å²) >= 11 is 6.34. The minimum Gasteiger partial charge on any atom is -0.465 e. The molecule has 0 aliphatic rings. The van der Waals surface area contributed by atoms with Crippen molar-refractivity contribution in [2.24, 2.45) is 5.92 Å². The normalized spacial score (nSPS) is 11.7. The van der Waals surface area contributed by atoms with E-state index in [4.69, 9.17) is 21.1 Å². The highest BCUT2D eigenvalue weighted by Crippen LogP contribution is 2.35. The summed E-state index contributed by atoms with van der Waals surface area (Å²) in [6, 6.07) is 15.5. The highest BCUT2D eigenvalue weighted by atomic mass is 35.5. The van der Waals surface area contributed by atoms with Crippen molar-refractivity contribution in [3.63, 3.8) is 0 Å². The van der Waals surface area contributed by atoms with Crippen LogP contribution in [0.15, 0.2) is 54.6 Å². The third kappa shape index (κ3) is 5.42. The quantitative estimate of drug-likeness (QED) is 0.352. The molecule has 28 heavy (non-hydrogen) atoms. The molecule has 0 amide bonds. The molecular formula is C22H23ClO5. The Morgan fingerprint density at radius 2 is 1.39 bits per heavy atom. The fraction of sp³-hybridized carbons (Fsp3) is 0.318. The monoisotopic (exact) mass is 402 g/mol. The number of halogens is 1. The van der Waals surface area contributed by atoms with Crippen molar-refractivity contribution in [3.05, 3.63) is 70.7 Å². The Balaban J connectivity index is 2.48. The third-order valence-electron chi connectivity index (χ3n) is 4.29. The Morgan fingerprint density at radius 3 is 1.93 bits per heavy atom. The first-order valence-corrected chi connectivity index (χ1v) is 9.53. The minimum absolute atomic E-state index is 0.0873. The number of ketones is 1. The average molecular weight is 403 g/mol. The first-order valence-electron chi connectivity index (χ1n) is 9.15. The smallest absolute Gasteiger partial charge is 0.320 e. The number of hydrogen-bond donors (Lipinski definition) is 0. The molecule has 0 spiro atoms. The van der Waals surface area contributed by atoms with E-state index in [1.54, 1.807) is 62.4 Å². The maximum absolute atomic E-state index is 12.9. The van der Waals surface area contributed by atoms with Gasteiger partial charge in [-0.05, 0) is 25.5 Å². The first-order chi connectivity index (χ1) is 13.5. The molecule has 0 aromatic heterocycles. The van der Waals surface area contributed by atoms with Crippen LogP contribution in [0, 0.1) is 5.92 Å². The van der Waals surface area contributed by atoms with Crippen LogP contribution in [0.3, 0.4) is 0 Å². The van der Waals surface area contributed by atoms with Gasteiger partial charge in [-0.3, -0.25) is 14.4 Å². The van der Waals surface area contributed by atoms with Crippen molar-refractivity contribution in [3.8, 4) is 0 Å². The summed E-state index contributed by atoms with van der Waals surface area (Å²) < 4.78 is 10.2. The predicted molar refractivity (Wildman–Crippen MR) is 106 cm³/mol. The zero-order valence-electron chi connectivity index (χ0n) is 15.9. The molecule has 0 aliphatic heterocycles. The Bertz CT molecular complexity index is 801. The van der Waals surface area contributed by atoms with Crippen LogP contribution < -0.4 is 0 Å². The number of carbonyl (C=O) groups is 3. The van der Waals surface area contributed by atoms with E-state index in [1.807, 2.05) is 6.07 Å². The van der Waals surface area contributed by atoms with E-state index in [9.17, 15) is 14.4 Å². The number of Topliss-reactive ketones (excluding diaryl/α,β-unsaturated/α-hetero) is 1. The van der Waals surface area contributed by atoms with Gasteiger partial charge in [-0.15, -0.1) is 0 Å². The number of esters is 2. The number of rotatable bonds is 9. The van der Waals surface area contributed by atoms with E-state index in [-0.39, 0.29) is 25.4 Å². The molecule has 0 radical (unpaired) electrons. The second-order valence-electron chi connectivity index (χ2n) is 6.10. The van der Waals surface area contributed by atoms with Crippen LogP contribution in [0.5, 0.6) is 0 Å². The molecule has 0 saturated heterocycles. The molecule has 0 fully saturated rings. The van der Waals surface area contributed by atoms with Crippen molar-refractivity contribution >= 4 is 29.3 Å². The van der Waals surface area contributed by atoms with Crippen molar-refractivity contribution < 1.29 is 23.9 Å². The van der Waals surface area contributed by atoms with Gasteiger partial charge in [0.2, 0.25) is 0 Å². The topological polar surface area (TPSA) is 69.7 Å². The van der Waals surface area contributed by atoms with Crippen LogP contribution in [-0.4, -0.2) is 30.9 Å². The fourth-order valence-corrected chi connectivity index (χ4v) is 3.29. The predicted octanol–water partition coefficient (Wildman–Crippen LogP) is 4.44. The van der Waals surface area contributed by atoms with Gasteiger partial charge >= 0.3 is 11.9 Å². The number of hydrogen-bond acceptors (Lipinski definition) is 5. The molecule has 0 N–H and O–H groups in total. The lowest BCUT2D eigenvalue weighted by molar-refractivity contribution is -0.162. The van der Waals surface area contributed by atoms with Crippen LogP contribution in [0.2, 0.25) is 5.02 Å². The molecule has 0 bridgehead atoms. The van der Waals surface area contributed by atoms with Gasteiger partial charge < -0.3 is 9.47 Å². The van der Waals surface area contributed by atoms with E-state index in [2.05, 4.69) is 0 Å².